The quantitative estimate of drug-likeness (QED) is 0.243. The van der Waals surface area contributed by atoms with Crippen LogP contribution in [0.4, 0.5) is 0 Å². The van der Waals surface area contributed by atoms with Crippen molar-refractivity contribution in [2.45, 2.75) is 48.3 Å². The molecule has 6 rings (SSSR count). The SMILES string of the molecule is COc1cc(C2c3sc(=S)[nH]c3SC3C4CC(C5C(=O)N(CCCCCC(=O)O)C(=O)C45)C23)ccc1O. The number of methoxy groups -OCH3 is 1. The number of carbonyl (C=O) groups excluding carboxylic acids is 2. The molecular formula is C26H28N2O6S3. The Morgan fingerprint density at radius 2 is 1.95 bits per heavy atom. The van der Waals surface area contributed by atoms with Gasteiger partial charge in [-0.3, -0.25) is 19.3 Å². The molecular weight excluding hydrogens is 532 g/mol. The highest BCUT2D eigenvalue weighted by molar-refractivity contribution is 8.00. The monoisotopic (exact) mass is 560 g/mol. The number of amides is 2. The summed E-state index contributed by atoms with van der Waals surface area (Å²) >= 11 is 8.84. The van der Waals surface area contributed by atoms with Gasteiger partial charge in [-0.15, -0.1) is 23.1 Å². The van der Waals surface area contributed by atoms with E-state index in [4.69, 9.17) is 22.1 Å². The van der Waals surface area contributed by atoms with E-state index in [0.717, 1.165) is 21.9 Å². The molecule has 0 spiro atoms. The second-order valence-electron chi connectivity index (χ2n) is 10.4. The summed E-state index contributed by atoms with van der Waals surface area (Å²) in [5, 5.41) is 20.3. The first kappa shape index (κ1) is 24.9. The Morgan fingerprint density at radius 1 is 1.19 bits per heavy atom. The number of H-pyrrole nitrogens is 1. The number of thioether (sulfide) groups is 1. The first-order valence-corrected chi connectivity index (χ1v) is 14.7. The predicted molar refractivity (Wildman–Crippen MR) is 141 cm³/mol. The van der Waals surface area contributed by atoms with Crippen molar-refractivity contribution in [3.63, 3.8) is 0 Å². The van der Waals surface area contributed by atoms with Gasteiger partial charge in [-0.1, -0.05) is 12.5 Å². The maximum Gasteiger partial charge on any atom is 0.303 e. The normalized spacial score (nSPS) is 31.4. The lowest BCUT2D eigenvalue weighted by Gasteiger charge is -2.43. The molecule has 2 saturated carbocycles. The lowest BCUT2D eigenvalue weighted by molar-refractivity contribution is -0.141. The number of carboxylic acids is 1. The fourth-order valence-corrected chi connectivity index (χ4v) is 10.6. The summed E-state index contributed by atoms with van der Waals surface area (Å²) in [6.07, 6.45) is 2.82. The Bertz CT molecular complexity index is 1340. The zero-order valence-electron chi connectivity index (χ0n) is 20.2. The molecule has 4 aliphatic rings. The molecule has 8 nitrogen and oxygen atoms in total. The maximum absolute atomic E-state index is 13.6. The third kappa shape index (κ3) is 3.92. The molecule has 7 atom stereocenters. The van der Waals surface area contributed by atoms with Crippen LogP contribution in [0.3, 0.4) is 0 Å². The summed E-state index contributed by atoms with van der Waals surface area (Å²) in [5.41, 5.74) is 1.02. The Balaban J connectivity index is 1.31. The van der Waals surface area contributed by atoms with Crippen molar-refractivity contribution in [2.75, 3.05) is 13.7 Å². The van der Waals surface area contributed by atoms with Gasteiger partial charge in [0.05, 0.1) is 24.0 Å². The van der Waals surface area contributed by atoms with E-state index in [1.165, 1.54) is 12.0 Å². The third-order valence-corrected chi connectivity index (χ3v) is 11.6. The topological polar surface area (TPSA) is 120 Å². The van der Waals surface area contributed by atoms with E-state index in [9.17, 15) is 19.5 Å². The first-order valence-electron chi connectivity index (χ1n) is 12.6. The molecule has 3 N–H and O–H groups in total. The number of imide groups is 1. The highest BCUT2D eigenvalue weighted by atomic mass is 32.2. The number of hydrogen-bond donors (Lipinski definition) is 3. The fraction of sp³-hybridized carbons (Fsp3) is 0.538. The summed E-state index contributed by atoms with van der Waals surface area (Å²) < 4.78 is 6.12. The molecule has 2 aromatic rings. The van der Waals surface area contributed by atoms with Gasteiger partial charge in [0.2, 0.25) is 11.8 Å². The van der Waals surface area contributed by atoms with Crippen molar-refractivity contribution in [3.8, 4) is 11.5 Å². The number of carboxylic acid groups (broad SMARTS) is 1. The van der Waals surface area contributed by atoms with E-state index in [-0.39, 0.29) is 64.7 Å². The molecule has 1 aromatic carbocycles. The molecule has 3 heterocycles. The number of nitrogens with zero attached hydrogens (tertiary/aromatic N) is 1. The lowest BCUT2D eigenvalue weighted by atomic mass is 9.68. The number of nitrogens with one attached hydrogen (secondary N) is 1. The number of aromatic amines is 1. The smallest absolute Gasteiger partial charge is 0.303 e. The zero-order chi connectivity index (χ0) is 26.0. The number of rotatable bonds is 8. The van der Waals surface area contributed by atoms with E-state index < -0.39 is 5.97 Å². The molecule has 37 heavy (non-hydrogen) atoms. The van der Waals surface area contributed by atoms with Crippen molar-refractivity contribution < 1.29 is 29.3 Å². The Hall–Kier alpha value is -2.37. The third-order valence-electron chi connectivity index (χ3n) is 8.65. The van der Waals surface area contributed by atoms with E-state index >= 15 is 0 Å². The number of ether oxygens (including phenoxy) is 1. The van der Waals surface area contributed by atoms with Gasteiger partial charge in [0.1, 0.15) is 0 Å². The number of aromatic nitrogens is 1. The van der Waals surface area contributed by atoms with Gasteiger partial charge in [-0.05, 0) is 66.9 Å². The predicted octanol–water partition coefficient (Wildman–Crippen LogP) is 4.64. The van der Waals surface area contributed by atoms with Crippen molar-refractivity contribution in [1.29, 1.82) is 0 Å². The highest BCUT2D eigenvalue weighted by Gasteiger charge is 2.69. The Labute approximate surface area is 227 Å². The molecule has 3 fully saturated rings. The summed E-state index contributed by atoms with van der Waals surface area (Å²) in [5.74, 6) is -0.626. The van der Waals surface area contributed by atoms with E-state index in [0.29, 0.717) is 35.5 Å². The molecule has 196 valence electrons. The van der Waals surface area contributed by atoms with E-state index in [1.54, 1.807) is 29.2 Å². The van der Waals surface area contributed by atoms with Crippen LogP contribution in [0.15, 0.2) is 23.2 Å². The number of aromatic hydroxyl groups is 1. The largest absolute Gasteiger partial charge is 0.504 e. The van der Waals surface area contributed by atoms with Crippen LogP contribution >= 0.6 is 35.3 Å². The second kappa shape index (κ2) is 9.43. The van der Waals surface area contributed by atoms with Gasteiger partial charge in [-0.2, -0.15) is 0 Å². The molecule has 0 radical (unpaired) electrons. The number of phenols is 1. The number of benzene rings is 1. The lowest BCUT2D eigenvalue weighted by Crippen LogP contribution is -2.42. The fourth-order valence-electron chi connectivity index (χ4n) is 7.28. The molecule has 2 aliphatic heterocycles. The van der Waals surface area contributed by atoms with Gasteiger partial charge in [0.15, 0.2) is 15.5 Å². The van der Waals surface area contributed by atoms with Crippen molar-refractivity contribution in [1.82, 2.24) is 9.88 Å². The molecule has 1 saturated heterocycles. The molecule has 2 bridgehead atoms. The first-order chi connectivity index (χ1) is 17.8. The minimum absolute atomic E-state index is 0.00220. The summed E-state index contributed by atoms with van der Waals surface area (Å²) in [4.78, 5) is 43.8. The molecule has 1 aromatic heterocycles. The number of fused-ring (bicyclic) bond motifs is 9. The summed E-state index contributed by atoms with van der Waals surface area (Å²) in [7, 11) is 1.53. The molecule has 2 amide bonds. The van der Waals surface area contributed by atoms with Crippen LogP contribution in [-0.4, -0.2) is 56.8 Å². The van der Waals surface area contributed by atoms with Crippen LogP contribution in [0.2, 0.25) is 0 Å². The average Bonchev–Trinajstić information content (AvgIpc) is 3.59. The van der Waals surface area contributed by atoms with Crippen LogP contribution in [-0.2, 0) is 14.4 Å². The molecule has 7 unspecified atom stereocenters. The van der Waals surface area contributed by atoms with E-state index in [2.05, 4.69) is 4.98 Å². The standard InChI is InChI=1S/C26H28N2O6S3/c1-34-15-9-11(6-7-14(15)29)17-18-12-10-13(21(18)36-23-22(17)37-26(35)27-23)20-19(12)24(32)28(25(20)33)8-4-2-3-5-16(30)31/h6-7,9,12-13,17-21,29H,2-5,8,10H2,1H3,(H,27,35)(H,30,31). The number of hydrogen-bond acceptors (Lipinski definition) is 8. The van der Waals surface area contributed by atoms with Crippen molar-refractivity contribution >= 4 is 53.1 Å². The minimum atomic E-state index is -0.825. The van der Waals surface area contributed by atoms with Crippen molar-refractivity contribution in [2.24, 2.45) is 29.6 Å². The van der Waals surface area contributed by atoms with Gasteiger partial charge in [0, 0.05) is 29.0 Å². The minimum Gasteiger partial charge on any atom is -0.504 e. The summed E-state index contributed by atoms with van der Waals surface area (Å²) in [6.45, 7) is 0.366. The number of thiazole rings is 1. The Morgan fingerprint density at radius 3 is 2.68 bits per heavy atom. The van der Waals surface area contributed by atoms with Gasteiger partial charge >= 0.3 is 5.97 Å². The van der Waals surface area contributed by atoms with Crippen LogP contribution in [0.5, 0.6) is 11.5 Å². The number of carbonyl (C=O) groups is 3. The van der Waals surface area contributed by atoms with Crippen LogP contribution in [0.1, 0.15) is 48.5 Å². The summed E-state index contributed by atoms with van der Waals surface area (Å²) in [6, 6.07) is 5.47. The van der Waals surface area contributed by atoms with E-state index in [1.807, 2.05) is 12.1 Å². The van der Waals surface area contributed by atoms with Gasteiger partial charge < -0.3 is 19.9 Å². The molecule has 11 heteroatoms. The average molecular weight is 561 g/mol. The number of likely N-dealkylation sites (tertiary alicyclic amines) is 1. The number of phenolic OH excluding ortho intramolecular Hbond substituents is 1. The number of unbranched alkanes of at least 4 members (excludes halogenated alkanes) is 2. The van der Waals surface area contributed by atoms with Crippen molar-refractivity contribution in [3.05, 3.63) is 32.6 Å². The Kier molecular flexibility index (Phi) is 6.35. The highest BCUT2D eigenvalue weighted by Crippen LogP contribution is 2.69. The number of aliphatic carboxylic acids is 1. The maximum atomic E-state index is 13.6. The van der Waals surface area contributed by atoms with Crippen LogP contribution < -0.4 is 4.74 Å². The van der Waals surface area contributed by atoms with Gasteiger partial charge in [0.25, 0.3) is 0 Å². The van der Waals surface area contributed by atoms with Crippen LogP contribution in [0.25, 0.3) is 0 Å². The molecule has 2 aliphatic carbocycles. The van der Waals surface area contributed by atoms with Crippen LogP contribution in [0, 0.1) is 33.5 Å². The zero-order valence-corrected chi connectivity index (χ0v) is 22.7. The second-order valence-corrected chi connectivity index (χ2v) is 13.3. The van der Waals surface area contributed by atoms with Gasteiger partial charge in [-0.25, -0.2) is 0 Å².